The van der Waals surface area contributed by atoms with Crippen LogP contribution in [0.2, 0.25) is 0 Å². The molecule has 1 aliphatic carbocycles. The Morgan fingerprint density at radius 3 is 2.68 bits per heavy atom. The topological polar surface area (TPSA) is 62.4 Å². The number of benzene rings is 1. The number of rotatable bonds is 3. The highest BCUT2D eigenvalue weighted by Gasteiger charge is 2.30. The molecule has 0 bridgehead atoms. The van der Waals surface area contributed by atoms with E-state index in [9.17, 15) is 8.42 Å². The molecule has 1 aromatic heterocycles. The Balaban J connectivity index is 1.44. The molecule has 0 unspecified atom stereocenters. The first-order valence-electron chi connectivity index (χ1n) is 10.4. The van der Waals surface area contributed by atoms with Gasteiger partial charge in [0.05, 0.1) is 23.4 Å². The number of nitrogens with one attached hydrogen (secondary N) is 1. The number of aromatic nitrogens is 1. The summed E-state index contributed by atoms with van der Waals surface area (Å²) in [5.41, 5.74) is 6.11. The van der Waals surface area contributed by atoms with Crippen LogP contribution in [0.5, 0.6) is 5.75 Å². The summed E-state index contributed by atoms with van der Waals surface area (Å²) in [5, 5.41) is 0. The standard InChI is InChI=1S/C22H28N2O3S/c1-27-21-13-22-16(8-10-28(22,25)26)12-20(21)24-9-7-18-17(14-24)11-19(23-18)15-5-3-2-4-6-15/h11-13,15,23H,2-10,14H2,1H3. The first kappa shape index (κ1) is 18.1. The van der Waals surface area contributed by atoms with Gasteiger partial charge in [-0.25, -0.2) is 8.42 Å². The molecule has 1 N–H and O–H groups in total. The van der Waals surface area contributed by atoms with Gasteiger partial charge < -0.3 is 14.6 Å². The molecular formula is C22H28N2O3S. The van der Waals surface area contributed by atoms with Gasteiger partial charge in [-0.15, -0.1) is 0 Å². The van der Waals surface area contributed by atoms with Crippen molar-refractivity contribution in [2.45, 2.75) is 62.3 Å². The Bertz CT molecular complexity index is 1000. The molecule has 3 heterocycles. The summed E-state index contributed by atoms with van der Waals surface area (Å²) in [4.78, 5) is 6.51. The second-order valence-electron chi connectivity index (χ2n) is 8.44. The number of hydrogen-bond donors (Lipinski definition) is 1. The van der Waals surface area contributed by atoms with Crippen LogP contribution in [-0.2, 0) is 29.2 Å². The molecule has 150 valence electrons. The Morgan fingerprint density at radius 1 is 1.07 bits per heavy atom. The monoisotopic (exact) mass is 400 g/mol. The molecule has 0 spiro atoms. The molecule has 3 aliphatic rings. The van der Waals surface area contributed by atoms with Crippen molar-refractivity contribution in [3.8, 4) is 5.75 Å². The van der Waals surface area contributed by atoms with Gasteiger partial charge in [0.25, 0.3) is 0 Å². The molecule has 1 aromatic carbocycles. The lowest BCUT2D eigenvalue weighted by Gasteiger charge is -2.30. The fourth-order valence-corrected chi connectivity index (χ4v) is 6.70. The minimum absolute atomic E-state index is 0.210. The summed E-state index contributed by atoms with van der Waals surface area (Å²) < 4.78 is 30.1. The van der Waals surface area contributed by atoms with Crippen LogP contribution < -0.4 is 9.64 Å². The fraction of sp³-hybridized carbons (Fsp3) is 0.545. The van der Waals surface area contributed by atoms with Gasteiger partial charge in [0.1, 0.15) is 5.75 Å². The largest absolute Gasteiger partial charge is 0.495 e. The number of ether oxygens (including phenoxy) is 1. The summed E-state index contributed by atoms with van der Waals surface area (Å²) in [5.74, 6) is 1.56. The number of fused-ring (bicyclic) bond motifs is 2. The quantitative estimate of drug-likeness (QED) is 0.847. The highest BCUT2D eigenvalue weighted by molar-refractivity contribution is 7.91. The molecule has 5 nitrogen and oxygen atoms in total. The zero-order valence-electron chi connectivity index (χ0n) is 16.5. The molecule has 28 heavy (non-hydrogen) atoms. The number of methoxy groups -OCH3 is 1. The van der Waals surface area contributed by atoms with Crippen molar-refractivity contribution in [2.75, 3.05) is 24.3 Å². The van der Waals surface area contributed by atoms with Gasteiger partial charge in [-0.2, -0.15) is 0 Å². The van der Waals surface area contributed by atoms with E-state index in [2.05, 4.69) is 16.0 Å². The average Bonchev–Trinajstić information content (AvgIpc) is 3.27. The van der Waals surface area contributed by atoms with Crippen molar-refractivity contribution in [3.63, 3.8) is 0 Å². The van der Waals surface area contributed by atoms with Crippen molar-refractivity contribution in [3.05, 3.63) is 40.7 Å². The van der Waals surface area contributed by atoms with Crippen molar-refractivity contribution in [1.29, 1.82) is 0 Å². The normalized spacial score (nSPS) is 21.4. The van der Waals surface area contributed by atoms with Crippen molar-refractivity contribution < 1.29 is 13.2 Å². The van der Waals surface area contributed by atoms with Gasteiger partial charge >= 0.3 is 0 Å². The van der Waals surface area contributed by atoms with Crippen molar-refractivity contribution in [2.24, 2.45) is 0 Å². The van der Waals surface area contributed by atoms with Gasteiger partial charge in [-0.3, -0.25) is 0 Å². The molecule has 2 aliphatic heterocycles. The third kappa shape index (κ3) is 3.02. The average molecular weight is 401 g/mol. The fourth-order valence-electron chi connectivity index (χ4n) is 5.14. The van der Waals surface area contributed by atoms with Crippen LogP contribution in [0.3, 0.4) is 0 Å². The Labute approximate surface area is 167 Å². The smallest absolute Gasteiger partial charge is 0.179 e. The lowest BCUT2D eigenvalue weighted by molar-refractivity contribution is 0.412. The number of aryl methyl sites for hydroxylation is 1. The van der Waals surface area contributed by atoms with Crippen LogP contribution in [-0.4, -0.2) is 32.8 Å². The van der Waals surface area contributed by atoms with Crippen LogP contribution in [0.15, 0.2) is 23.1 Å². The van der Waals surface area contributed by atoms with E-state index in [1.165, 1.54) is 49.1 Å². The molecule has 0 amide bonds. The van der Waals surface area contributed by atoms with Gasteiger partial charge in [0, 0.05) is 37.0 Å². The molecule has 0 radical (unpaired) electrons. The molecule has 0 saturated heterocycles. The maximum absolute atomic E-state index is 12.3. The van der Waals surface area contributed by atoms with E-state index in [0.717, 1.165) is 30.8 Å². The molecule has 6 heteroatoms. The van der Waals surface area contributed by atoms with E-state index in [1.807, 2.05) is 6.07 Å². The van der Waals surface area contributed by atoms with Gasteiger partial charge in [0.15, 0.2) is 9.84 Å². The summed E-state index contributed by atoms with van der Waals surface area (Å²) in [6.45, 7) is 1.76. The van der Waals surface area contributed by atoms with E-state index in [-0.39, 0.29) is 5.75 Å². The number of hydrogen-bond acceptors (Lipinski definition) is 4. The van der Waals surface area contributed by atoms with Crippen molar-refractivity contribution >= 4 is 15.5 Å². The molecular weight excluding hydrogens is 372 g/mol. The molecule has 2 aromatic rings. The molecule has 1 saturated carbocycles. The highest BCUT2D eigenvalue weighted by atomic mass is 32.2. The van der Waals surface area contributed by atoms with Crippen LogP contribution in [0.1, 0.15) is 60.5 Å². The highest BCUT2D eigenvalue weighted by Crippen LogP contribution is 2.40. The molecule has 5 rings (SSSR count). The van der Waals surface area contributed by atoms with E-state index in [0.29, 0.717) is 23.0 Å². The van der Waals surface area contributed by atoms with Crippen LogP contribution >= 0.6 is 0 Å². The lowest BCUT2D eigenvalue weighted by atomic mass is 9.87. The Morgan fingerprint density at radius 2 is 1.89 bits per heavy atom. The second-order valence-corrected chi connectivity index (χ2v) is 10.5. The van der Waals surface area contributed by atoms with Gasteiger partial charge in [-0.1, -0.05) is 19.3 Å². The summed E-state index contributed by atoms with van der Waals surface area (Å²) in [6.07, 6.45) is 8.25. The van der Waals surface area contributed by atoms with Gasteiger partial charge in [-0.05, 0) is 48.4 Å². The third-order valence-electron chi connectivity index (χ3n) is 6.73. The maximum atomic E-state index is 12.3. The minimum atomic E-state index is -3.15. The lowest BCUT2D eigenvalue weighted by Crippen LogP contribution is -2.30. The summed E-state index contributed by atoms with van der Waals surface area (Å²) in [7, 11) is -1.52. The zero-order chi connectivity index (χ0) is 19.3. The second kappa shape index (κ2) is 6.83. The SMILES string of the molecule is COc1cc2c(cc1N1CCc3[nH]c(C4CCCCC4)cc3C1)CCS2(=O)=O. The number of aromatic amines is 1. The number of anilines is 1. The van der Waals surface area contributed by atoms with E-state index >= 15 is 0 Å². The van der Waals surface area contributed by atoms with Crippen molar-refractivity contribution in [1.82, 2.24) is 4.98 Å². The first-order chi connectivity index (χ1) is 13.5. The van der Waals surface area contributed by atoms with E-state index < -0.39 is 9.84 Å². The zero-order valence-corrected chi connectivity index (χ0v) is 17.3. The van der Waals surface area contributed by atoms with Gasteiger partial charge in [0.2, 0.25) is 0 Å². The Kier molecular flexibility index (Phi) is 4.42. The van der Waals surface area contributed by atoms with E-state index in [1.54, 1.807) is 13.2 Å². The van der Waals surface area contributed by atoms with Crippen LogP contribution in [0, 0.1) is 0 Å². The number of H-pyrrole nitrogens is 1. The van der Waals surface area contributed by atoms with Crippen LogP contribution in [0.25, 0.3) is 0 Å². The van der Waals surface area contributed by atoms with Crippen LogP contribution in [0.4, 0.5) is 5.69 Å². The predicted molar refractivity (Wildman–Crippen MR) is 110 cm³/mol. The minimum Gasteiger partial charge on any atom is -0.495 e. The maximum Gasteiger partial charge on any atom is 0.179 e. The number of sulfone groups is 1. The first-order valence-corrected chi connectivity index (χ1v) is 12.1. The predicted octanol–water partition coefficient (Wildman–Crippen LogP) is 3.96. The third-order valence-corrected chi connectivity index (χ3v) is 8.52. The summed E-state index contributed by atoms with van der Waals surface area (Å²) >= 11 is 0. The number of nitrogens with zero attached hydrogens (tertiary/aromatic N) is 1. The Hall–Kier alpha value is -1.95. The van der Waals surface area contributed by atoms with E-state index in [4.69, 9.17) is 4.74 Å². The molecule has 1 fully saturated rings. The molecule has 0 atom stereocenters. The summed E-state index contributed by atoms with van der Waals surface area (Å²) in [6, 6.07) is 6.15.